The summed E-state index contributed by atoms with van der Waals surface area (Å²) in [5, 5.41) is 11.5. The summed E-state index contributed by atoms with van der Waals surface area (Å²) in [6, 6.07) is 3.22. The molecule has 0 spiro atoms. The van der Waals surface area contributed by atoms with Gasteiger partial charge in [-0.2, -0.15) is 0 Å². The lowest BCUT2D eigenvalue weighted by Gasteiger charge is -2.10. The number of carboxylic acids is 1. The monoisotopic (exact) mass is 195 g/mol. The second-order valence-corrected chi connectivity index (χ2v) is 2.97. The number of nitrogens with one attached hydrogen (secondary N) is 1. The molecule has 1 aromatic rings. The van der Waals surface area contributed by atoms with Crippen molar-refractivity contribution >= 4 is 11.7 Å². The van der Waals surface area contributed by atoms with Crippen molar-refractivity contribution in [3.05, 3.63) is 24.5 Å². The smallest absolute Gasteiger partial charge is 0.304 e. The number of anilines is 1. The van der Waals surface area contributed by atoms with E-state index in [1.807, 2.05) is 0 Å². The van der Waals surface area contributed by atoms with Crippen LogP contribution in [0.15, 0.2) is 24.5 Å². The Labute approximate surface area is 82.0 Å². The highest BCUT2D eigenvalue weighted by Crippen LogP contribution is 2.02. The van der Waals surface area contributed by atoms with E-state index < -0.39 is 5.97 Å². The van der Waals surface area contributed by atoms with Crippen molar-refractivity contribution in [1.82, 2.24) is 4.98 Å². The quantitative estimate of drug-likeness (QED) is 0.628. The standard InChI is InChI=1S/C9H13N3O2/c10-7(5-9(13)14)6-12-8-1-3-11-4-2-8/h1-4,7H,5-6,10H2,(H,11,12)(H,13,14). The predicted molar refractivity (Wildman–Crippen MR) is 53.0 cm³/mol. The van der Waals surface area contributed by atoms with Crippen LogP contribution >= 0.6 is 0 Å². The zero-order chi connectivity index (χ0) is 10.4. The van der Waals surface area contributed by atoms with Gasteiger partial charge < -0.3 is 16.2 Å². The van der Waals surface area contributed by atoms with Crippen LogP contribution in [-0.2, 0) is 4.79 Å². The van der Waals surface area contributed by atoms with Gasteiger partial charge in [-0.1, -0.05) is 0 Å². The summed E-state index contributed by atoms with van der Waals surface area (Å²) in [4.78, 5) is 14.2. The molecule has 0 aliphatic carbocycles. The molecule has 0 saturated heterocycles. The lowest BCUT2D eigenvalue weighted by Crippen LogP contribution is -2.31. The topological polar surface area (TPSA) is 88.2 Å². The lowest BCUT2D eigenvalue weighted by atomic mass is 10.2. The molecule has 0 radical (unpaired) electrons. The Balaban J connectivity index is 2.30. The molecule has 0 amide bonds. The van der Waals surface area contributed by atoms with E-state index >= 15 is 0 Å². The Hall–Kier alpha value is -1.62. The van der Waals surface area contributed by atoms with Gasteiger partial charge in [0.05, 0.1) is 6.42 Å². The summed E-state index contributed by atoms with van der Waals surface area (Å²) in [5.74, 6) is -0.881. The molecule has 1 rings (SSSR count). The van der Waals surface area contributed by atoms with Crippen LogP contribution in [0, 0.1) is 0 Å². The van der Waals surface area contributed by atoms with E-state index in [2.05, 4.69) is 10.3 Å². The van der Waals surface area contributed by atoms with Crippen LogP contribution in [0.4, 0.5) is 5.69 Å². The average molecular weight is 195 g/mol. The Morgan fingerprint density at radius 3 is 2.79 bits per heavy atom. The molecule has 0 aromatic carbocycles. The number of nitrogens with two attached hydrogens (primary N) is 1. The second kappa shape index (κ2) is 5.18. The van der Waals surface area contributed by atoms with Crippen LogP contribution in [0.3, 0.4) is 0 Å². The lowest BCUT2D eigenvalue weighted by molar-refractivity contribution is -0.137. The molecule has 1 unspecified atom stereocenters. The summed E-state index contributed by atoms with van der Waals surface area (Å²) in [7, 11) is 0. The van der Waals surface area contributed by atoms with E-state index in [0.29, 0.717) is 6.54 Å². The number of rotatable bonds is 5. The van der Waals surface area contributed by atoms with Crippen LogP contribution in [0.1, 0.15) is 6.42 Å². The van der Waals surface area contributed by atoms with Gasteiger partial charge in [-0.05, 0) is 12.1 Å². The highest BCUT2D eigenvalue weighted by atomic mass is 16.4. The van der Waals surface area contributed by atoms with Gasteiger partial charge in [0.15, 0.2) is 0 Å². The van der Waals surface area contributed by atoms with Crippen molar-refractivity contribution in [1.29, 1.82) is 0 Å². The molecule has 0 aliphatic rings. The molecule has 1 aromatic heterocycles. The molecule has 1 heterocycles. The van der Waals surface area contributed by atoms with E-state index in [1.54, 1.807) is 24.5 Å². The molecule has 0 fully saturated rings. The summed E-state index contributed by atoms with van der Waals surface area (Å²) < 4.78 is 0. The molecule has 1 atom stereocenters. The first kappa shape index (κ1) is 10.5. The maximum absolute atomic E-state index is 10.3. The molecular formula is C9H13N3O2. The van der Waals surface area contributed by atoms with Crippen molar-refractivity contribution in [2.45, 2.75) is 12.5 Å². The second-order valence-electron chi connectivity index (χ2n) is 2.97. The molecule has 76 valence electrons. The van der Waals surface area contributed by atoms with Gasteiger partial charge in [-0.25, -0.2) is 0 Å². The third-order valence-corrected chi connectivity index (χ3v) is 1.69. The Morgan fingerprint density at radius 1 is 1.57 bits per heavy atom. The van der Waals surface area contributed by atoms with E-state index in [9.17, 15) is 4.79 Å². The van der Waals surface area contributed by atoms with Gasteiger partial charge >= 0.3 is 5.97 Å². The SMILES string of the molecule is NC(CNc1ccncc1)CC(=O)O. The predicted octanol–water partition coefficient (Wildman–Crippen LogP) is 0.295. The van der Waals surface area contributed by atoms with Crippen LogP contribution in [0.2, 0.25) is 0 Å². The summed E-state index contributed by atoms with van der Waals surface area (Å²) in [6.07, 6.45) is 3.29. The van der Waals surface area contributed by atoms with Crippen molar-refractivity contribution in [3.63, 3.8) is 0 Å². The zero-order valence-corrected chi connectivity index (χ0v) is 7.68. The van der Waals surface area contributed by atoms with Crippen LogP contribution in [-0.4, -0.2) is 28.6 Å². The summed E-state index contributed by atoms with van der Waals surface area (Å²) in [6.45, 7) is 0.441. The van der Waals surface area contributed by atoms with E-state index in [-0.39, 0.29) is 12.5 Å². The fraction of sp³-hybridized carbons (Fsp3) is 0.333. The molecule has 5 heteroatoms. The normalized spacial score (nSPS) is 12.1. The first-order chi connectivity index (χ1) is 6.68. The molecule has 5 nitrogen and oxygen atoms in total. The molecule has 0 bridgehead atoms. The van der Waals surface area contributed by atoms with Crippen LogP contribution in [0.25, 0.3) is 0 Å². The van der Waals surface area contributed by atoms with Crippen molar-refractivity contribution in [2.75, 3.05) is 11.9 Å². The maximum atomic E-state index is 10.3. The van der Waals surface area contributed by atoms with Crippen molar-refractivity contribution in [2.24, 2.45) is 5.73 Å². The zero-order valence-electron chi connectivity index (χ0n) is 7.68. The molecule has 0 aliphatic heterocycles. The summed E-state index contributed by atoms with van der Waals surface area (Å²) in [5.41, 5.74) is 6.45. The number of carbonyl (C=O) groups is 1. The Kier molecular flexibility index (Phi) is 3.87. The van der Waals surface area contributed by atoms with Gasteiger partial charge in [-0.15, -0.1) is 0 Å². The number of aliphatic carboxylic acids is 1. The minimum Gasteiger partial charge on any atom is -0.481 e. The van der Waals surface area contributed by atoms with Crippen molar-refractivity contribution in [3.8, 4) is 0 Å². The first-order valence-corrected chi connectivity index (χ1v) is 4.30. The third kappa shape index (κ3) is 3.86. The van der Waals surface area contributed by atoms with Gasteiger partial charge in [0.25, 0.3) is 0 Å². The number of aromatic nitrogens is 1. The first-order valence-electron chi connectivity index (χ1n) is 4.30. The van der Waals surface area contributed by atoms with Gasteiger partial charge in [0, 0.05) is 30.7 Å². The average Bonchev–Trinajstić information content (AvgIpc) is 2.15. The Morgan fingerprint density at radius 2 is 2.21 bits per heavy atom. The third-order valence-electron chi connectivity index (χ3n) is 1.69. The summed E-state index contributed by atoms with van der Waals surface area (Å²) >= 11 is 0. The minimum absolute atomic E-state index is 0.0297. The van der Waals surface area contributed by atoms with Crippen LogP contribution < -0.4 is 11.1 Å². The fourth-order valence-corrected chi connectivity index (χ4v) is 1.02. The van der Waals surface area contributed by atoms with E-state index in [1.165, 1.54) is 0 Å². The minimum atomic E-state index is -0.881. The highest BCUT2D eigenvalue weighted by molar-refractivity contribution is 5.67. The number of carboxylic acid groups (broad SMARTS) is 1. The van der Waals surface area contributed by atoms with Gasteiger partial charge in [0.2, 0.25) is 0 Å². The van der Waals surface area contributed by atoms with Crippen molar-refractivity contribution < 1.29 is 9.90 Å². The number of nitrogens with zero attached hydrogens (tertiary/aromatic N) is 1. The highest BCUT2D eigenvalue weighted by Gasteiger charge is 2.06. The molecule has 4 N–H and O–H groups in total. The Bertz CT molecular complexity index is 289. The fourth-order valence-electron chi connectivity index (χ4n) is 1.02. The largest absolute Gasteiger partial charge is 0.481 e. The molecular weight excluding hydrogens is 182 g/mol. The number of hydrogen-bond acceptors (Lipinski definition) is 4. The van der Waals surface area contributed by atoms with E-state index in [4.69, 9.17) is 10.8 Å². The van der Waals surface area contributed by atoms with E-state index in [0.717, 1.165) is 5.69 Å². The maximum Gasteiger partial charge on any atom is 0.304 e. The van der Waals surface area contributed by atoms with Gasteiger partial charge in [0.1, 0.15) is 0 Å². The molecule has 0 saturated carbocycles. The number of hydrogen-bond donors (Lipinski definition) is 3. The number of pyridine rings is 1. The van der Waals surface area contributed by atoms with Gasteiger partial charge in [-0.3, -0.25) is 9.78 Å². The molecule has 14 heavy (non-hydrogen) atoms. The van der Waals surface area contributed by atoms with Crippen LogP contribution in [0.5, 0.6) is 0 Å².